The minimum atomic E-state index is -4.61. The largest absolute Gasteiger partial charge is 0.453 e. The van der Waals surface area contributed by atoms with Gasteiger partial charge in [-0.2, -0.15) is 17.7 Å². The number of likely N-dealkylation sites (tertiary alicyclic amines) is 1. The summed E-state index contributed by atoms with van der Waals surface area (Å²) in [6, 6.07) is 2.97. The molecule has 1 aliphatic rings. The van der Waals surface area contributed by atoms with Crippen molar-refractivity contribution in [1.29, 1.82) is 0 Å². The quantitative estimate of drug-likeness (QED) is 0.843. The fraction of sp³-hybridized carbons (Fsp3) is 0.538. The summed E-state index contributed by atoms with van der Waals surface area (Å²) in [7, 11) is 0. The van der Waals surface area contributed by atoms with Gasteiger partial charge < -0.3 is 10.2 Å². The fourth-order valence-electron chi connectivity index (χ4n) is 2.49. The Bertz CT molecular complexity index is 713. The smallest absolute Gasteiger partial charge is 0.369 e. The third kappa shape index (κ3) is 3.35. The molecule has 0 radical (unpaired) electrons. The Morgan fingerprint density at radius 3 is 2.78 bits per heavy atom. The average molecular weight is 328 g/mol. The molecule has 1 saturated heterocycles. The Hall–Kier alpha value is -2.39. The summed E-state index contributed by atoms with van der Waals surface area (Å²) < 4.78 is 39.0. The van der Waals surface area contributed by atoms with Crippen LogP contribution in [0.15, 0.2) is 12.1 Å². The van der Waals surface area contributed by atoms with Crippen LogP contribution in [0.3, 0.4) is 0 Å². The van der Waals surface area contributed by atoms with Crippen molar-refractivity contribution in [3.8, 4) is 0 Å². The Labute approximate surface area is 129 Å². The Morgan fingerprint density at radius 2 is 2.09 bits per heavy atom. The van der Waals surface area contributed by atoms with Crippen molar-refractivity contribution < 1.29 is 18.0 Å². The van der Waals surface area contributed by atoms with E-state index in [0.717, 1.165) is 13.0 Å². The van der Waals surface area contributed by atoms with Crippen molar-refractivity contribution in [3.63, 3.8) is 0 Å². The number of hydrogen-bond donors (Lipinski definition) is 1. The summed E-state index contributed by atoms with van der Waals surface area (Å²) in [4.78, 5) is 13.2. The molecule has 0 atom stereocenters. The molecule has 23 heavy (non-hydrogen) atoms. The topological polar surface area (TPSA) is 75.4 Å². The Morgan fingerprint density at radius 1 is 1.26 bits per heavy atom. The van der Waals surface area contributed by atoms with Crippen molar-refractivity contribution in [2.75, 3.05) is 25.0 Å². The standard InChI is InChI=1S/C13H15F3N6O/c14-13(15,16)12-19-18-10-5-4-9(20-22(10)12)17-6-2-8-21-7-1-3-11(21)23/h4-5H,1-3,6-8H2,(H,17,20). The van der Waals surface area contributed by atoms with E-state index in [-0.39, 0.29) is 11.6 Å². The van der Waals surface area contributed by atoms with Crippen LogP contribution in [-0.4, -0.2) is 50.3 Å². The maximum atomic E-state index is 12.8. The monoisotopic (exact) mass is 328 g/mol. The molecule has 3 heterocycles. The molecule has 7 nitrogen and oxygen atoms in total. The number of carbonyl (C=O) groups is 1. The first-order valence-electron chi connectivity index (χ1n) is 7.26. The molecule has 0 saturated carbocycles. The fourth-order valence-corrected chi connectivity index (χ4v) is 2.49. The minimum absolute atomic E-state index is 0.0329. The van der Waals surface area contributed by atoms with Crippen LogP contribution in [0, 0.1) is 0 Å². The van der Waals surface area contributed by atoms with Crippen molar-refractivity contribution in [1.82, 2.24) is 24.7 Å². The summed E-state index contributed by atoms with van der Waals surface area (Å²) in [6.45, 7) is 1.92. The zero-order valence-electron chi connectivity index (χ0n) is 12.2. The number of anilines is 1. The summed E-state index contributed by atoms with van der Waals surface area (Å²) in [5.41, 5.74) is 0.0329. The maximum Gasteiger partial charge on any atom is 0.453 e. The molecule has 0 spiro atoms. The molecule has 1 fully saturated rings. The highest BCUT2D eigenvalue weighted by molar-refractivity contribution is 5.78. The molecule has 0 aromatic carbocycles. The van der Waals surface area contributed by atoms with Crippen LogP contribution in [0.2, 0.25) is 0 Å². The first-order chi connectivity index (χ1) is 10.9. The lowest BCUT2D eigenvalue weighted by atomic mass is 10.4. The van der Waals surface area contributed by atoms with E-state index in [1.54, 1.807) is 11.0 Å². The summed E-state index contributed by atoms with van der Waals surface area (Å²) in [6.07, 6.45) is -2.43. The van der Waals surface area contributed by atoms with E-state index in [1.807, 2.05) is 0 Å². The van der Waals surface area contributed by atoms with Gasteiger partial charge in [0.2, 0.25) is 5.91 Å². The number of aromatic nitrogens is 4. The molecule has 2 aromatic heterocycles. The van der Waals surface area contributed by atoms with Crippen LogP contribution in [-0.2, 0) is 11.0 Å². The summed E-state index contributed by atoms with van der Waals surface area (Å²) >= 11 is 0. The van der Waals surface area contributed by atoms with Crippen molar-refractivity contribution in [3.05, 3.63) is 18.0 Å². The summed E-state index contributed by atoms with van der Waals surface area (Å²) in [5, 5.41) is 13.4. The SMILES string of the molecule is O=C1CCCN1CCCNc1ccc2nnc(C(F)(F)F)n2n1. The van der Waals surface area contributed by atoms with E-state index >= 15 is 0 Å². The molecule has 124 valence electrons. The molecular weight excluding hydrogens is 313 g/mol. The molecule has 1 amide bonds. The lowest BCUT2D eigenvalue weighted by Crippen LogP contribution is -2.27. The number of fused-ring (bicyclic) bond motifs is 1. The first kappa shape index (κ1) is 15.5. The lowest BCUT2D eigenvalue weighted by Gasteiger charge is -2.15. The van der Waals surface area contributed by atoms with Crippen LogP contribution in [0.5, 0.6) is 0 Å². The second-order valence-corrected chi connectivity index (χ2v) is 5.27. The molecule has 0 unspecified atom stereocenters. The third-order valence-electron chi connectivity index (χ3n) is 3.60. The van der Waals surface area contributed by atoms with Gasteiger partial charge in [0.05, 0.1) is 0 Å². The van der Waals surface area contributed by atoms with Gasteiger partial charge in [-0.15, -0.1) is 15.3 Å². The van der Waals surface area contributed by atoms with Crippen LogP contribution >= 0.6 is 0 Å². The average Bonchev–Trinajstić information content (AvgIpc) is 3.09. The molecule has 1 N–H and O–H groups in total. The summed E-state index contributed by atoms with van der Waals surface area (Å²) in [5.74, 6) is -0.696. The lowest BCUT2D eigenvalue weighted by molar-refractivity contribution is -0.146. The van der Waals surface area contributed by atoms with E-state index in [9.17, 15) is 18.0 Å². The minimum Gasteiger partial charge on any atom is -0.369 e. The number of nitrogens with zero attached hydrogens (tertiary/aromatic N) is 5. The highest BCUT2D eigenvalue weighted by Crippen LogP contribution is 2.27. The number of hydrogen-bond acceptors (Lipinski definition) is 5. The van der Waals surface area contributed by atoms with Gasteiger partial charge in [0.25, 0.3) is 5.82 Å². The van der Waals surface area contributed by atoms with E-state index in [1.165, 1.54) is 6.07 Å². The molecule has 0 bridgehead atoms. The number of halogens is 3. The van der Waals surface area contributed by atoms with Crippen molar-refractivity contribution in [2.45, 2.75) is 25.4 Å². The molecular formula is C13H15F3N6O. The molecule has 3 rings (SSSR count). The van der Waals surface area contributed by atoms with Crippen LogP contribution < -0.4 is 5.32 Å². The van der Waals surface area contributed by atoms with E-state index in [0.29, 0.717) is 36.3 Å². The molecule has 1 aliphatic heterocycles. The number of amides is 1. The van der Waals surface area contributed by atoms with E-state index < -0.39 is 12.0 Å². The number of rotatable bonds is 5. The van der Waals surface area contributed by atoms with E-state index in [4.69, 9.17) is 0 Å². The van der Waals surface area contributed by atoms with E-state index in [2.05, 4.69) is 20.6 Å². The van der Waals surface area contributed by atoms with Crippen molar-refractivity contribution in [2.24, 2.45) is 0 Å². The van der Waals surface area contributed by atoms with Gasteiger partial charge >= 0.3 is 6.18 Å². The van der Waals surface area contributed by atoms with Gasteiger partial charge in [0.15, 0.2) is 5.65 Å². The van der Waals surface area contributed by atoms with Crippen LogP contribution in [0.1, 0.15) is 25.1 Å². The van der Waals surface area contributed by atoms with Gasteiger partial charge in [-0.3, -0.25) is 4.79 Å². The first-order valence-corrected chi connectivity index (χ1v) is 7.26. The second kappa shape index (κ2) is 6.01. The van der Waals surface area contributed by atoms with Crippen LogP contribution in [0.4, 0.5) is 19.0 Å². The third-order valence-corrected chi connectivity index (χ3v) is 3.60. The van der Waals surface area contributed by atoms with Gasteiger partial charge in [-0.25, -0.2) is 0 Å². The molecule has 10 heteroatoms. The molecule has 2 aromatic rings. The van der Waals surface area contributed by atoms with Crippen molar-refractivity contribution >= 4 is 17.4 Å². The van der Waals surface area contributed by atoms with Crippen LogP contribution in [0.25, 0.3) is 5.65 Å². The van der Waals surface area contributed by atoms with Gasteiger partial charge in [-0.05, 0) is 25.0 Å². The number of carbonyl (C=O) groups excluding carboxylic acids is 1. The Kier molecular flexibility index (Phi) is 4.05. The zero-order chi connectivity index (χ0) is 16.4. The normalized spacial score (nSPS) is 15.6. The highest BCUT2D eigenvalue weighted by Gasteiger charge is 2.37. The second-order valence-electron chi connectivity index (χ2n) is 5.27. The maximum absolute atomic E-state index is 12.8. The van der Waals surface area contributed by atoms with Gasteiger partial charge in [0, 0.05) is 26.1 Å². The highest BCUT2D eigenvalue weighted by atomic mass is 19.4. The Balaban J connectivity index is 1.61. The van der Waals surface area contributed by atoms with Gasteiger partial charge in [0.1, 0.15) is 5.82 Å². The van der Waals surface area contributed by atoms with Gasteiger partial charge in [-0.1, -0.05) is 0 Å². The molecule has 0 aliphatic carbocycles. The number of nitrogens with one attached hydrogen (secondary N) is 1. The predicted octanol–water partition coefficient (Wildman–Crippen LogP) is 1.57. The predicted molar refractivity (Wildman–Crippen MR) is 74.7 cm³/mol. The number of alkyl halides is 3. The zero-order valence-corrected chi connectivity index (χ0v) is 12.2.